The fourth-order valence-corrected chi connectivity index (χ4v) is 5.06. The third-order valence-electron chi connectivity index (χ3n) is 7.83. The van der Waals surface area contributed by atoms with Crippen LogP contribution in [-0.2, 0) is 19.1 Å². The first-order valence-electron chi connectivity index (χ1n) is 18.0. The zero-order valence-corrected chi connectivity index (χ0v) is 31.3. The molecular weight excluding hydrogens is 674 g/mol. The van der Waals surface area contributed by atoms with Crippen molar-refractivity contribution >= 4 is 29.8 Å². The number of carbonyl (C=O) groups excluding carboxylic acids is 4. The van der Waals surface area contributed by atoms with E-state index in [1.165, 1.54) is 31.2 Å². The summed E-state index contributed by atoms with van der Waals surface area (Å²) in [7, 11) is 0. The molecule has 0 spiro atoms. The summed E-state index contributed by atoms with van der Waals surface area (Å²) in [4.78, 5) is 62.6. The van der Waals surface area contributed by atoms with E-state index in [1.807, 2.05) is 0 Å². The van der Waals surface area contributed by atoms with Crippen molar-refractivity contribution in [1.29, 1.82) is 0 Å². The first kappa shape index (κ1) is 43.7. The number of carboxylic acid groups (broad SMARTS) is 1. The lowest BCUT2D eigenvalue weighted by Crippen LogP contribution is -2.47. The minimum Gasteiger partial charge on any atom is -0.481 e. The molecule has 1 atom stereocenters. The van der Waals surface area contributed by atoms with E-state index in [-0.39, 0.29) is 35.6 Å². The van der Waals surface area contributed by atoms with Crippen LogP contribution in [0.2, 0.25) is 0 Å². The highest BCUT2D eigenvalue weighted by atomic mass is 16.6. The topological polar surface area (TPSA) is 145 Å². The SMILES string of the molecule is CC/C=C\C/C=C\C/C=C\C/C=C\C/C=C\CCCC(C)(C)[C@@H](OC(=O)c1ccccc1OC(=O)c1ccccc1OC(C)=O)C(=O)NCCC(=O)O. The number of ether oxygens (including phenoxy) is 3. The van der Waals surface area contributed by atoms with Gasteiger partial charge in [0.2, 0.25) is 0 Å². The molecule has 2 aromatic rings. The largest absolute Gasteiger partial charge is 0.481 e. The predicted molar refractivity (Wildman–Crippen MR) is 206 cm³/mol. The molecule has 2 rings (SSSR count). The average Bonchev–Trinajstić information content (AvgIpc) is 3.11. The van der Waals surface area contributed by atoms with Crippen LogP contribution >= 0.6 is 0 Å². The fraction of sp³-hybridized carbons (Fsp3) is 0.372. The summed E-state index contributed by atoms with van der Waals surface area (Å²) >= 11 is 0. The van der Waals surface area contributed by atoms with Crippen LogP contribution in [0.15, 0.2) is 109 Å². The zero-order valence-electron chi connectivity index (χ0n) is 31.3. The molecule has 0 aromatic heterocycles. The van der Waals surface area contributed by atoms with Gasteiger partial charge >= 0.3 is 23.9 Å². The normalized spacial score (nSPS) is 12.5. The van der Waals surface area contributed by atoms with E-state index in [1.54, 1.807) is 38.1 Å². The summed E-state index contributed by atoms with van der Waals surface area (Å²) in [6.07, 6.45) is 26.3. The van der Waals surface area contributed by atoms with Gasteiger partial charge in [0.15, 0.2) is 6.10 Å². The molecule has 0 unspecified atom stereocenters. The highest BCUT2D eigenvalue weighted by Crippen LogP contribution is 2.32. The number of carboxylic acids is 1. The molecule has 0 aliphatic rings. The lowest BCUT2D eigenvalue weighted by atomic mass is 9.80. The Morgan fingerprint density at radius 3 is 1.74 bits per heavy atom. The molecule has 10 heteroatoms. The van der Waals surface area contributed by atoms with Gasteiger partial charge < -0.3 is 24.6 Å². The van der Waals surface area contributed by atoms with E-state index in [9.17, 15) is 24.0 Å². The minimum atomic E-state index is -1.29. The average molecular weight is 728 g/mol. The zero-order chi connectivity index (χ0) is 38.9. The van der Waals surface area contributed by atoms with Crippen molar-refractivity contribution in [3.63, 3.8) is 0 Å². The summed E-state index contributed by atoms with van der Waals surface area (Å²) < 4.78 is 16.5. The summed E-state index contributed by atoms with van der Waals surface area (Å²) in [5.74, 6) is -4.25. The number of aliphatic carboxylic acids is 1. The predicted octanol–water partition coefficient (Wildman–Crippen LogP) is 8.90. The second-order valence-electron chi connectivity index (χ2n) is 12.8. The summed E-state index contributed by atoms with van der Waals surface area (Å²) in [6.45, 7) is 6.79. The van der Waals surface area contributed by atoms with Crippen LogP contribution in [0.5, 0.6) is 11.5 Å². The van der Waals surface area contributed by atoms with Crippen molar-refractivity contribution in [3.05, 3.63) is 120 Å². The second-order valence-corrected chi connectivity index (χ2v) is 12.8. The first-order valence-corrected chi connectivity index (χ1v) is 18.0. The van der Waals surface area contributed by atoms with Crippen LogP contribution in [-0.4, -0.2) is 47.5 Å². The van der Waals surface area contributed by atoms with Crippen molar-refractivity contribution in [2.45, 2.75) is 91.6 Å². The van der Waals surface area contributed by atoms with Gasteiger partial charge in [0.05, 0.1) is 6.42 Å². The Kier molecular flexibility index (Phi) is 20.3. The summed E-state index contributed by atoms with van der Waals surface area (Å²) in [6, 6.07) is 11.9. The molecule has 2 N–H and O–H groups in total. The molecule has 284 valence electrons. The Hall–Kier alpha value is -5.51. The Morgan fingerprint density at radius 1 is 0.717 bits per heavy atom. The molecule has 2 aromatic carbocycles. The minimum absolute atomic E-state index is 0.00511. The van der Waals surface area contributed by atoms with Crippen molar-refractivity contribution in [1.82, 2.24) is 5.32 Å². The van der Waals surface area contributed by atoms with Gasteiger partial charge in [-0.15, -0.1) is 0 Å². The molecular formula is C43H53NO9. The third kappa shape index (κ3) is 17.5. The maximum atomic E-state index is 13.6. The van der Waals surface area contributed by atoms with E-state index in [0.717, 1.165) is 38.5 Å². The van der Waals surface area contributed by atoms with Gasteiger partial charge in [-0.05, 0) is 75.6 Å². The molecule has 0 saturated heterocycles. The van der Waals surface area contributed by atoms with Gasteiger partial charge in [-0.2, -0.15) is 0 Å². The monoisotopic (exact) mass is 727 g/mol. The van der Waals surface area contributed by atoms with Crippen LogP contribution in [0.3, 0.4) is 0 Å². The lowest BCUT2D eigenvalue weighted by Gasteiger charge is -2.33. The van der Waals surface area contributed by atoms with Gasteiger partial charge in [-0.3, -0.25) is 14.4 Å². The molecule has 0 fully saturated rings. The molecule has 0 aliphatic carbocycles. The molecule has 1 amide bonds. The molecule has 0 bridgehead atoms. The third-order valence-corrected chi connectivity index (χ3v) is 7.83. The van der Waals surface area contributed by atoms with E-state index in [2.05, 4.69) is 73.0 Å². The highest BCUT2D eigenvalue weighted by molar-refractivity contribution is 5.98. The van der Waals surface area contributed by atoms with Crippen molar-refractivity contribution in [2.24, 2.45) is 5.41 Å². The molecule has 10 nitrogen and oxygen atoms in total. The van der Waals surface area contributed by atoms with Crippen LogP contribution in [0.4, 0.5) is 0 Å². The summed E-state index contributed by atoms with van der Waals surface area (Å²) in [5.41, 5.74) is -0.988. The van der Waals surface area contributed by atoms with Gasteiger partial charge in [-0.1, -0.05) is 106 Å². The number of hydrogen-bond donors (Lipinski definition) is 2. The first-order chi connectivity index (χ1) is 25.5. The van der Waals surface area contributed by atoms with Crippen molar-refractivity contribution in [2.75, 3.05) is 6.54 Å². The molecule has 0 heterocycles. The molecule has 53 heavy (non-hydrogen) atoms. The van der Waals surface area contributed by atoms with Gasteiger partial charge in [0.25, 0.3) is 5.91 Å². The van der Waals surface area contributed by atoms with Crippen molar-refractivity contribution < 1.29 is 43.3 Å². The maximum absolute atomic E-state index is 13.6. The smallest absolute Gasteiger partial charge is 0.347 e. The van der Waals surface area contributed by atoms with Gasteiger partial charge in [-0.25, -0.2) is 9.59 Å². The Bertz CT molecular complexity index is 1650. The maximum Gasteiger partial charge on any atom is 0.347 e. The number of allylic oxidation sites excluding steroid dienone is 10. The Morgan fingerprint density at radius 2 is 1.21 bits per heavy atom. The number of esters is 3. The number of hydrogen-bond acceptors (Lipinski definition) is 8. The Labute approximate surface area is 313 Å². The standard InChI is InChI=1S/C43H53NO9/c1-5-6-7-8-9-10-11-12-13-14-15-16-17-18-19-20-25-31-43(3,4)39(40(48)44-32-30-38(46)47)53-42(50)35-27-22-24-29-37(35)52-41(49)34-26-21-23-28-36(34)51-33(2)45/h6-7,9-10,12-13,15-16,18-19,21-24,26-29,39H,5,8,11,14,17,20,25,30-32H2,1-4H3,(H,44,48)(H,46,47)/b7-6-,10-9-,13-12-,16-15-,19-18-/t39-/m0/s1. The van der Waals surface area contributed by atoms with E-state index < -0.39 is 41.3 Å². The number of nitrogens with one attached hydrogen (secondary N) is 1. The van der Waals surface area contributed by atoms with Crippen LogP contribution in [0.1, 0.15) is 106 Å². The van der Waals surface area contributed by atoms with E-state index >= 15 is 0 Å². The number of unbranched alkanes of at least 4 members (excludes halogenated alkanes) is 1. The van der Waals surface area contributed by atoms with Crippen LogP contribution in [0, 0.1) is 5.41 Å². The highest BCUT2D eigenvalue weighted by Gasteiger charge is 2.39. The van der Waals surface area contributed by atoms with E-state index in [0.29, 0.717) is 12.8 Å². The molecule has 0 radical (unpaired) electrons. The number of benzene rings is 2. The Balaban J connectivity index is 2.03. The summed E-state index contributed by atoms with van der Waals surface area (Å²) in [5, 5.41) is 11.6. The van der Waals surface area contributed by atoms with Gasteiger partial charge in [0.1, 0.15) is 22.6 Å². The quantitative estimate of drug-likeness (QED) is 0.0496. The number of amides is 1. The van der Waals surface area contributed by atoms with E-state index in [4.69, 9.17) is 19.3 Å². The molecule has 0 aliphatic heterocycles. The number of rotatable bonds is 23. The van der Waals surface area contributed by atoms with Gasteiger partial charge in [0, 0.05) is 18.9 Å². The second kappa shape index (κ2) is 24.6. The fourth-order valence-electron chi connectivity index (χ4n) is 5.06. The van der Waals surface area contributed by atoms with Crippen molar-refractivity contribution in [3.8, 4) is 11.5 Å². The number of para-hydroxylation sites is 2. The van der Waals surface area contributed by atoms with Crippen LogP contribution < -0.4 is 14.8 Å². The lowest BCUT2D eigenvalue weighted by molar-refractivity contribution is -0.138. The van der Waals surface area contributed by atoms with Crippen LogP contribution in [0.25, 0.3) is 0 Å². The number of carbonyl (C=O) groups is 5. The molecule has 0 saturated carbocycles.